The Hall–Kier alpha value is -0.590. The van der Waals surface area contributed by atoms with E-state index in [4.69, 9.17) is 0 Å². The summed E-state index contributed by atoms with van der Waals surface area (Å²) >= 11 is 0. The average Bonchev–Trinajstić information content (AvgIpc) is 2.46. The molecule has 15 heavy (non-hydrogen) atoms. The van der Waals surface area contributed by atoms with Crippen LogP contribution in [0.4, 0.5) is 0 Å². The second kappa shape index (κ2) is 4.96. The SMILES string of the molecule is C.CCN1CCC(C#N)(NC(C)(C)C)C1. The van der Waals surface area contributed by atoms with Crippen molar-refractivity contribution in [3.8, 4) is 6.07 Å². The standard InChI is InChI=1S/C11H21N3.CH4/c1-5-14-7-6-11(8-12,9-14)13-10(2,3)4;/h13H,5-7,9H2,1-4H3;1H4. The minimum absolute atomic E-state index is 0. The summed E-state index contributed by atoms with van der Waals surface area (Å²) < 4.78 is 0. The Balaban J connectivity index is 0.00000196. The van der Waals surface area contributed by atoms with Crippen LogP contribution >= 0.6 is 0 Å². The lowest BCUT2D eigenvalue weighted by Crippen LogP contribution is -2.54. The molecule has 0 bridgehead atoms. The van der Waals surface area contributed by atoms with E-state index in [1.807, 2.05) is 0 Å². The van der Waals surface area contributed by atoms with Crippen molar-refractivity contribution in [3.05, 3.63) is 0 Å². The Morgan fingerprint density at radius 2 is 2.07 bits per heavy atom. The molecule has 0 aromatic rings. The van der Waals surface area contributed by atoms with E-state index in [0.717, 1.165) is 26.1 Å². The fourth-order valence-electron chi connectivity index (χ4n) is 2.10. The van der Waals surface area contributed by atoms with Crippen molar-refractivity contribution in [1.29, 1.82) is 5.26 Å². The number of rotatable bonds is 2. The van der Waals surface area contributed by atoms with E-state index in [1.54, 1.807) is 0 Å². The average molecular weight is 211 g/mol. The Morgan fingerprint density at radius 1 is 1.47 bits per heavy atom. The van der Waals surface area contributed by atoms with Crippen LogP contribution in [0.1, 0.15) is 41.5 Å². The molecule has 1 aliphatic rings. The lowest BCUT2D eigenvalue weighted by atomic mass is 9.95. The first-order valence-corrected chi connectivity index (χ1v) is 5.34. The zero-order chi connectivity index (χ0) is 10.8. The van der Waals surface area contributed by atoms with Crippen molar-refractivity contribution >= 4 is 0 Å². The summed E-state index contributed by atoms with van der Waals surface area (Å²) in [6, 6.07) is 2.45. The number of likely N-dealkylation sites (tertiary alicyclic amines) is 1. The van der Waals surface area contributed by atoms with Gasteiger partial charge in [-0.25, -0.2) is 0 Å². The summed E-state index contributed by atoms with van der Waals surface area (Å²) in [6.07, 6.45) is 0.939. The normalized spacial score (nSPS) is 27.1. The van der Waals surface area contributed by atoms with Crippen molar-refractivity contribution in [1.82, 2.24) is 10.2 Å². The first-order valence-electron chi connectivity index (χ1n) is 5.34. The molecule has 0 aromatic heterocycles. The highest BCUT2D eigenvalue weighted by Gasteiger charge is 2.39. The van der Waals surface area contributed by atoms with E-state index in [1.165, 1.54) is 0 Å². The van der Waals surface area contributed by atoms with Gasteiger partial charge in [0.05, 0.1) is 6.07 Å². The number of nitrogens with one attached hydrogen (secondary N) is 1. The molecule has 1 saturated heterocycles. The molecule has 0 radical (unpaired) electrons. The predicted molar refractivity (Wildman–Crippen MR) is 64.7 cm³/mol. The maximum absolute atomic E-state index is 9.25. The Kier molecular flexibility index (Phi) is 4.76. The van der Waals surface area contributed by atoms with E-state index < -0.39 is 0 Å². The maximum atomic E-state index is 9.25. The summed E-state index contributed by atoms with van der Waals surface area (Å²) in [5.41, 5.74) is -0.312. The fraction of sp³-hybridized carbons (Fsp3) is 0.917. The van der Waals surface area contributed by atoms with Gasteiger partial charge in [-0.2, -0.15) is 5.26 Å². The van der Waals surface area contributed by atoms with Gasteiger partial charge in [0.2, 0.25) is 0 Å². The fourth-order valence-corrected chi connectivity index (χ4v) is 2.10. The molecule has 1 N–H and O–H groups in total. The topological polar surface area (TPSA) is 39.1 Å². The monoisotopic (exact) mass is 211 g/mol. The highest BCUT2D eigenvalue weighted by molar-refractivity contribution is 5.14. The Morgan fingerprint density at radius 3 is 2.40 bits per heavy atom. The van der Waals surface area contributed by atoms with Gasteiger partial charge in [-0.05, 0) is 33.7 Å². The minimum atomic E-state index is -0.325. The molecule has 1 fully saturated rings. The maximum Gasteiger partial charge on any atom is 0.121 e. The zero-order valence-corrected chi connectivity index (χ0v) is 9.72. The number of nitriles is 1. The van der Waals surface area contributed by atoms with E-state index in [2.05, 4.69) is 44.0 Å². The molecule has 0 aromatic carbocycles. The van der Waals surface area contributed by atoms with E-state index in [0.29, 0.717) is 0 Å². The highest BCUT2D eigenvalue weighted by Crippen LogP contribution is 2.23. The second-order valence-corrected chi connectivity index (χ2v) is 5.19. The lowest BCUT2D eigenvalue weighted by Gasteiger charge is -2.32. The van der Waals surface area contributed by atoms with E-state index >= 15 is 0 Å². The first-order chi connectivity index (χ1) is 6.41. The van der Waals surface area contributed by atoms with Crippen LogP contribution in [-0.4, -0.2) is 35.6 Å². The molecule has 1 rings (SSSR count). The number of hydrogen-bond acceptors (Lipinski definition) is 3. The molecule has 0 aliphatic carbocycles. The van der Waals surface area contributed by atoms with Gasteiger partial charge in [0.15, 0.2) is 0 Å². The highest BCUT2D eigenvalue weighted by atomic mass is 15.2. The Labute approximate surface area is 94.5 Å². The third-order valence-electron chi connectivity index (χ3n) is 2.62. The molecule has 1 heterocycles. The first kappa shape index (κ1) is 14.4. The predicted octanol–water partition coefficient (Wildman–Crippen LogP) is 2.00. The van der Waals surface area contributed by atoms with Crippen LogP contribution in [0.5, 0.6) is 0 Å². The summed E-state index contributed by atoms with van der Waals surface area (Å²) in [7, 11) is 0. The van der Waals surface area contributed by atoms with Gasteiger partial charge >= 0.3 is 0 Å². The van der Waals surface area contributed by atoms with Gasteiger partial charge in [0.25, 0.3) is 0 Å². The molecular weight excluding hydrogens is 186 g/mol. The van der Waals surface area contributed by atoms with Crippen LogP contribution in [-0.2, 0) is 0 Å². The van der Waals surface area contributed by atoms with Crippen LogP contribution in [0.15, 0.2) is 0 Å². The van der Waals surface area contributed by atoms with Gasteiger partial charge in [-0.1, -0.05) is 14.4 Å². The molecule has 1 atom stereocenters. The van der Waals surface area contributed by atoms with Crippen molar-refractivity contribution in [2.75, 3.05) is 19.6 Å². The van der Waals surface area contributed by atoms with Gasteiger partial charge in [-0.15, -0.1) is 0 Å². The van der Waals surface area contributed by atoms with Crippen LogP contribution in [0.2, 0.25) is 0 Å². The van der Waals surface area contributed by atoms with Crippen LogP contribution in [0.25, 0.3) is 0 Å². The van der Waals surface area contributed by atoms with Gasteiger partial charge in [0, 0.05) is 18.6 Å². The largest absolute Gasteiger partial charge is 0.301 e. The van der Waals surface area contributed by atoms with Crippen LogP contribution < -0.4 is 5.32 Å². The molecular formula is C12H25N3. The zero-order valence-electron chi connectivity index (χ0n) is 9.72. The van der Waals surface area contributed by atoms with Gasteiger partial charge in [0.1, 0.15) is 5.54 Å². The summed E-state index contributed by atoms with van der Waals surface area (Å²) in [4.78, 5) is 2.32. The smallest absolute Gasteiger partial charge is 0.121 e. The quantitative estimate of drug-likeness (QED) is 0.759. The Bertz CT molecular complexity index is 236. The van der Waals surface area contributed by atoms with Crippen LogP contribution in [0.3, 0.4) is 0 Å². The van der Waals surface area contributed by atoms with E-state index in [9.17, 15) is 5.26 Å². The van der Waals surface area contributed by atoms with Crippen LogP contribution in [0, 0.1) is 11.3 Å². The van der Waals surface area contributed by atoms with Crippen molar-refractivity contribution < 1.29 is 0 Å². The third-order valence-corrected chi connectivity index (χ3v) is 2.62. The lowest BCUT2D eigenvalue weighted by molar-refractivity contribution is 0.279. The van der Waals surface area contributed by atoms with E-state index in [-0.39, 0.29) is 18.5 Å². The minimum Gasteiger partial charge on any atom is -0.301 e. The summed E-state index contributed by atoms with van der Waals surface area (Å²) in [5, 5.41) is 12.7. The number of likely N-dealkylation sites (N-methyl/N-ethyl adjacent to an activating group) is 1. The van der Waals surface area contributed by atoms with Crippen molar-refractivity contribution in [2.24, 2.45) is 0 Å². The molecule has 1 aliphatic heterocycles. The second-order valence-electron chi connectivity index (χ2n) is 5.19. The number of nitrogens with zero attached hydrogens (tertiary/aromatic N) is 2. The van der Waals surface area contributed by atoms with Gasteiger partial charge in [-0.3, -0.25) is 5.32 Å². The molecule has 0 amide bonds. The molecule has 88 valence electrons. The van der Waals surface area contributed by atoms with Crippen molar-refractivity contribution in [2.45, 2.75) is 52.6 Å². The molecule has 3 nitrogen and oxygen atoms in total. The molecule has 3 heteroatoms. The molecule has 0 spiro atoms. The molecule has 0 saturated carbocycles. The molecule has 1 unspecified atom stereocenters. The van der Waals surface area contributed by atoms with Gasteiger partial charge < -0.3 is 4.90 Å². The summed E-state index contributed by atoms with van der Waals surface area (Å²) in [5.74, 6) is 0. The number of hydrogen-bond donors (Lipinski definition) is 1. The summed E-state index contributed by atoms with van der Waals surface area (Å²) in [6.45, 7) is 11.4. The third kappa shape index (κ3) is 3.81. The van der Waals surface area contributed by atoms with Crippen molar-refractivity contribution in [3.63, 3.8) is 0 Å².